The van der Waals surface area contributed by atoms with Crippen LogP contribution in [0.15, 0.2) is 33.3 Å². The molecule has 0 radical (unpaired) electrons. The summed E-state index contributed by atoms with van der Waals surface area (Å²) in [5.41, 5.74) is 0.493. The van der Waals surface area contributed by atoms with E-state index >= 15 is 0 Å². The van der Waals surface area contributed by atoms with Gasteiger partial charge >= 0.3 is 5.97 Å². The minimum atomic E-state index is -0.664. The average molecular weight is 338 g/mol. The molecule has 6 heteroatoms. The van der Waals surface area contributed by atoms with Crippen LogP contribution in [-0.2, 0) is 4.74 Å². The van der Waals surface area contributed by atoms with E-state index in [1.165, 1.54) is 0 Å². The van der Waals surface area contributed by atoms with E-state index < -0.39 is 5.97 Å². The van der Waals surface area contributed by atoms with Gasteiger partial charge in [-0.25, -0.2) is 4.79 Å². The predicted molar refractivity (Wildman–Crippen MR) is 74.8 cm³/mol. The summed E-state index contributed by atoms with van der Waals surface area (Å²) >= 11 is 3.30. The highest BCUT2D eigenvalue weighted by atomic mass is 79.9. The van der Waals surface area contributed by atoms with Gasteiger partial charge in [0.1, 0.15) is 5.76 Å². The molecule has 0 saturated heterocycles. The molecule has 0 unspecified atom stereocenters. The maximum absolute atomic E-state index is 12.5. The van der Waals surface area contributed by atoms with Gasteiger partial charge in [0.05, 0.1) is 12.2 Å². The molecule has 0 fully saturated rings. The Bertz CT molecular complexity index is 663. The van der Waals surface area contributed by atoms with Gasteiger partial charge < -0.3 is 9.26 Å². The van der Waals surface area contributed by atoms with Crippen molar-refractivity contribution in [2.45, 2.75) is 13.8 Å². The minimum absolute atomic E-state index is 0.0886. The Morgan fingerprint density at radius 1 is 1.40 bits per heavy atom. The van der Waals surface area contributed by atoms with Crippen molar-refractivity contribution >= 4 is 27.7 Å². The number of carbonyl (C=O) groups is 2. The Balaban J connectivity index is 2.44. The van der Waals surface area contributed by atoms with Gasteiger partial charge in [-0.2, -0.15) is 0 Å². The lowest BCUT2D eigenvalue weighted by atomic mass is 10.0. The van der Waals surface area contributed by atoms with Crippen LogP contribution in [-0.4, -0.2) is 23.5 Å². The Morgan fingerprint density at radius 3 is 2.80 bits per heavy atom. The Morgan fingerprint density at radius 2 is 2.15 bits per heavy atom. The number of aryl methyl sites for hydroxylation is 1. The van der Waals surface area contributed by atoms with E-state index in [9.17, 15) is 9.59 Å². The number of carbonyl (C=O) groups excluding carboxylic acids is 2. The first-order chi connectivity index (χ1) is 9.54. The second kappa shape index (κ2) is 6.00. The van der Waals surface area contributed by atoms with Crippen molar-refractivity contribution in [1.29, 1.82) is 0 Å². The van der Waals surface area contributed by atoms with Gasteiger partial charge in [0.2, 0.25) is 5.69 Å². The summed E-state index contributed by atoms with van der Waals surface area (Å²) in [6, 6.07) is 6.88. The third-order valence-corrected chi connectivity index (χ3v) is 3.14. The molecule has 0 aliphatic heterocycles. The molecule has 0 amide bonds. The van der Waals surface area contributed by atoms with Gasteiger partial charge in [-0.1, -0.05) is 33.2 Å². The standard InChI is InChI=1S/C14H12BrNO4/c1-3-19-14(18)12-11(8(2)20-16-12)13(17)9-5-4-6-10(15)7-9/h4-7H,3H2,1-2H3. The number of aromatic nitrogens is 1. The van der Waals surface area contributed by atoms with Gasteiger partial charge in [0, 0.05) is 10.0 Å². The van der Waals surface area contributed by atoms with Crippen LogP contribution in [0.25, 0.3) is 0 Å². The van der Waals surface area contributed by atoms with E-state index in [0.717, 1.165) is 4.47 Å². The smallest absolute Gasteiger partial charge is 0.361 e. The van der Waals surface area contributed by atoms with E-state index in [1.807, 2.05) is 6.07 Å². The quantitative estimate of drug-likeness (QED) is 0.633. The van der Waals surface area contributed by atoms with Crippen LogP contribution in [0.3, 0.4) is 0 Å². The Labute approximate surface area is 124 Å². The molecule has 0 spiro atoms. The van der Waals surface area contributed by atoms with E-state index in [-0.39, 0.29) is 29.4 Å². The highest BCUT2D eigenvalue weighted by Crippen LogP contribution is 2.21. The van der Waals surface area contributed by atoms with E-state index in [0.29, 0.717) is 5.56 Å². The zero-order valence-electron chi connectivity index (χ0n) is 11.0. The molecule has 0 saturated carbocycles. The third kappa shape index (κ3) is 2.80. The fourth-order valence-corrected chi connectivity index (χ4v) is 2.15. The van der Waals surface area contributed by atoms with Crippen LogP contribution in [0.1, 0.15) is 39.1 Å². The Hall–Kier alpha value is -1.95. The van der Waals surface area contributed by atoms with E-state index in [2.05, 4.69) is 21.1 Å². The molecule has 0 N–H and O–H groups in total. The molecule has 2 rings (SSSR count). The molecule has 1 aromatic heterocycles. The number of halogens is 1. The molecule has 20 heavy (non-hydrogen) atoms. The van der Waals surface area contributed by atoms with Crippen molar-refractivity contribution in [1.82, 2.24) is 5.16 Å². The first kappa shape index (κ1) is 14.5. The summed E-state index contributed by atoms with van der Waals surface area (Å²) in [6.45, 7) is 3.47. The van der Waals surface area contributed by atoms with Gasteiger partial charge in [0.25, 0.3) is 0 Å². The lowest BCUT2D eigenvalue weighted by Gasteiger charge is -2.03. The van der Waals surface area contributed by atoms with Crippen LogP contribution in [0.5, 0.6) is 0 Å². The van der Waals surface area contributed by atoms with Crippen molar-refractivity contribution in [3.63, 3.8) is 0 Å². The highest BCUT2D eigenvalue weighted by molar-refractivity contribution is 9.10. The maximum atomic E-state index is 12.5. The van der Waals surface area contributed by atoms with Crippen molar-refractivity contribution in [3.05, 3.63) is 51.3 Å². The molecule has 1 heterocycles. The second-order valence-electron chi connectivity index (χ2n) is 4.02. The Kier molecular flexibility index (Phi) is 4.34. The van der Waals surface area contributed by atoms with Crippen LogP contribution in [0.2, 0.25) is 0 Å². The number of benzene rings is 1. The zero-order chi connectivity index (χ0) is 14.7. The number of ether oxygens (including phenoxy) is 1. The van der Waals surface area contributed by atoms with E-state index in [1.54, 1.807) is 32.0 Å². The normalized spacial score (nSPS) is 10.3. The molecule has 0 aliphatic carbocycles. The topological polar surface area (TPSA) is 69.4 Å². The van der Waals surface area contributed by atoms with Crippen LogP contribution >= 0.6 is 15.9 Å². The summed E-state index contributed by atoms with van der Waals surface area (Å²) in [7, 11) is 0. The summed E-state index contributed by atoms with van der Waals surface area (Å²) < 4.78 is 10.6. The lowest BCUT2D eigenvalue weighted by molar-refractivity contribution is 0.0512. The van der Waals surface area contributed by atoms with Crippen molar-refractivity contribution in [2.75, 3.05) is 6.61 Å². The largest absolute Gasteiger partial charge is 0.461 e. The molecule has 1 aromatic carbocycles. The number of ketones is 1. The summed E-state index contributed by atoms with van der Waals surface area (Å²) in [4.78, 5) is 24.3. The SMILES string of the molecule is CCOC(=O)c1noc(C)c1C(=O)c1cccc(Br)c1. The molecule has 0 bridgehead atoms. The van der Waals surface area contributed by atoms with Crippen molar-refractivity contribution in [2.24, 2.45) is 0 Å². The van der Waals surface area contributed by atoms with Crippen molar-refractivity contribution in [3.8, 4) is 0 Å². The first-order valence-electron chi connectivity index (χ1n) is 5.98. The lowest BCUT2D eigenvalue weighted by Crippen LogP contribution is -2.12. The van der Waals surface area contributed by atoms with Crippen LogP contribution in [0, 0.1) is 6.92 Å². The molecular weight excluding hydrogens is 326 g/mol. The molecule has 0 atom stereocenters. The van der Waals surface area contributed by atoms with Crippen LogP contribution < -0.4 is 0 Å². The molecular formula is C14H12BrNO4. The number of rotatable bonds is 4. The third-order valence-electron chi connectivity index (χ3n) is 2.65. The van der Waals surface area contributed by atoms with Crippen molar-refractivity contribution < 1.29 is 18.8 Å². The fraction of sp³-hybridized carbons (Fsp3) is 0.214. The average Bonchev–Trinajstić information content (AvgIpc) is 2.80. The van der Waals surface area contributed by atoms with Gasteiger partial charge in [-0.3, -0.25) is 4.79 Å². The fourth-order valence-electron chi connectivity index (χ4n) is 1.75. The summed E-state index contributed by atoms with van der Waals surface area (Å²) in [5, 5.41) is 3.62. The highest BCUT2D eigenvalue weighted by Gasteiger charge is 2.27. The molecule has 2 aromatic rings. The zero-order valence-corrected chi connectivity index (χ0v) is 12.6. The van der Waals surface area contributed by atoms with E-state index in [4.69, 9.17) is 9.26 Å². The number of hydrogen-bond acceptors (Lipinski definition) is 5. The minimum Gasteiger partial charge on any atom is -0.461 e. The molecule has 104 valence electrons. The second-order valence-corrected chi connectivity index (χ2v) is 4.94. The molecule has 0 aliphatic rings. The summed E-state index contributed by atoms with van der Waals surface area (Å²) in [6.07, 6.45) is 0. The van der Waals surface area contributed by atoms with Gasteiger partial charge in [0.15, 0.2) is 5.78 Å². The van der Waals surface area contributed by atoms with Crippen LogP contribution in [0.4, 0.5) is 0 Å². The number of nitrogens with zero attached hydrogens (tertiary/aromatic N) is 1. The number of esters is 1. The molecule has 5 nitrogen and oxygen atoms in total. The predicted octanol–water partition coefficient (Wildman–Crippen LogP) is 3.15. The van der Waals surface area contributed by atoms with Gasteiger partial charge in [-0.05, 0) is 26.0 Å². The maximum Gasteiger partial charge on any atom is 0.361 e. The number of hydrogen-bond donors (Lipinski definition) is 0. The monoisotopic (exact) mass is 337 g/mol. The summed E-state index contributed by atoms with van der Waals surface area (Å²) in [5.74, 6) is -0.700. The first-order valence-corrected chi connectivity index (χ1v) is 6.77. The van der Waals surface area contributed by atoms with Gasteiger partial charge in [-0.15, -0.1) is 0 Å².